The van der Waals surface area contributed by atoms with Gasteiger partial charge in [-0.15, -0.1) is 0 Å². The van der Waals surface area contributed by atoms with E-state index in [2.05, 4.69) is 24.0 Å². The average Bonchev–Trinajstić information content (AvgIpc) is 3.26. The molecule has 0 fully saturated rings. The zero-order valence-corrected chi connectivity index (χ0v) is 19.8. The van der Waals surface area contributed by atoms with E-state index in [9.17, 15) is 9.90 Å². The van der Waals surface area contributed by atoms with E-state index in [-0.39, 0.29) is 5.69 Å². The number of ether oxygens (including phenoxy) is 2. The van der Waals surface area contributed by atoms with Gasteiger partial charge in [0.05, 0.1) is 19.2 Å². The van der Waals surface area contributed by atoms with Gasteiger partial charge in [-0.3, -0.25) is 0 Å². The Bertz CT molecular complexity index is 1530. The molecule has 176 valence electrons. The molecule has 0 spiro atoms. The van der Waals surface area contributed by atoms with Crippen LogP contribution in [-0.2, 0) is 6.42 Å². The number of carbonyl (C=O) groups is 1. The number of aromatic amines is 1. The van der Waals surface area contributed by atoms with E-state index in [1.807, 2.05) is 66.7 Å². The summed E-state index contributed by atoms with van der Waals surface area (Å²) in [5.41, 5.74) is 5.17. The van der Waals surface area contributed by atoms with Crippen molar-refractivity contribution < 1.29 is 19.4 Å². The summed E-state index contributed by atoms with van der Waals surface area (Å²) < 4.78 is 11.6. The van der Waals surface area contributed by atoms with Crippen LogP contribution in [0.3, 0.4) is 0 Å². The van der Waals surface area contributed by atoms with Crippen LogP contribution < -0.4 is 9.47 Å². The molecule has 5 heteroatoms. The van der Waals surface area contributed by atoms with E-state index in [0.29, 0.717) is 19.4 Å². The molecule has 0 aliphatic heterocycles. The molecular formula is C30H27NO4. The fourth-order valence-electron chi connectivity index (χ4n) is 4.79. The second-order valence-corrected chi connectivity index (χ2v) is 8.59. The van der Waals surface area contributed by atoms with Crippen molar-refractivity contribution in [3.8, 4) is 22.6 Å². The maximum atomic E-state index is 12.1. The highest BCUT2D eigenvalue weighted by molar-refractivity contribution is 6.03. The van der Waals surface area contributed by atoms with Gasteiger partial charge in [0.2, 0.25) is 0 Å². The molecule has 0 saturated carbocycles. The highest BCUT2D eigenvalue weighted by Crippen LogP contribution is 2.35. The third kappa shape index (κ3) is 4.21. The number of aromatic carboxylic acids is 1. The van der Waals surface area contributed by atoms with Gasteiger partial charge >= 0.3 is 5.97 Å². The number of nitrogens with one attached hydrogen (secondary N) is 1. The van der Waals surface area contributed by atoms with Gasteiger partial charge in [-0.05, 0) is 48.6 Å². The molecule has 0 amide bonds. The minimum absolute atomic E-state index is 0.246. The van der Waals surface area contributed by atoms with E-state index >= 15 is 0 Å². The molecule has 0 unspecified atom stereocenters. The summed E-state index contributed by atoms with van der Waals surface area (Å²) >= 11 is 0. The lowest BCUT2D eigenvalue weighted by Crippen LogP contribution is -2.04. The number of para-hydroxylation sites is 1. The first-order valence-electron chi connectivity index (χ1n) is 11.7. The zero-order valence-electron chi connectivity index (χ0n) is 19.8. The van der Waals surface area contributed by atoms with Crippen LogP contribution in [0.15, 0.2) is 78.9 Å². The van der Waals surface area contributed by atoms with Gasteiger partial charge in [0.1, 0.15) is 17.2 Å². The van der Waals surface area contributed by atoms with Crippen molar-refractivity contribution in [2.24, 2.45) is 0 Å². The van der Waals surface area contributed by atoms with Crippen molar-refractivity contribution in [2.75, 3.05) is 13.7 Å². The Hall–Kier alpha value is -4.25. The van der Waals surface area contributed by atoms with E-state index < -0.39 is 5.97 Å². The van der Waals surface area contributed by atoms with E-state index in [1.165, 1.54) is 0 Å². The Morgan fingerprint density at radius 3 is 2.23 bits per heavy atom. The molecule has 5 nitrogen and oxygen atoms in total. The Labute approximate surface area is 203 Å². The van der Waals surface area contributed by atoms with Crippen LogP contribution >= 0.6 is 0 Å². The number of hydrogen-bond acceptors (Lipinski definition) is 3. The molecule has 0 radical (unpaired) electrons. The van der Waals surface area contributed by atoms with Crippen LogP contribution in [0.4, 0.5) is 0 Å². The minimum Gasteiger partial charge on any atom is -0.496 e. The van der Waals surface area contributed by atoms with E-state index in [4.69, 9.17) is 9.47 Å². The van der Waals surface area contributed by atoms with Gasteiger partial charge in [-0.2, -0.15) is 0 Å². The third-order valence-electron chi connectivity index (χ3n) is 6.48. The molecule has 35 heavy (non-hydrogen) atoms. The highest BCUT2D eigenvalue weighted by atomic mass is 16.5. The molecule has 0 aliphatic rings. The second kappa shape index (κ2) is 9.55. The predicted octanol–water partition coefficient (Wildman–Crippen LogP) is 7.01. The number of carboxylic acids is 1. The number of H-pyrrole nitrogens is 1. The number of carboxylic acid groups (broad SMARTS) is 1. The van der Waals surface area contributed by atoms with Crippen LogP contribution in [0.5, 0.6) is 11.5 Å². The fourth-order valence-corrected chi connectivity index (χ4v) is 4.79. The molecule has 1 aromatic heterocycles. The van der Waals surface area contributed by atoms with Crippen molar-refractivity contribution >= 4 is 27.6 Å². The minimum atomic E-state index is -0.950. The summed E-state index contributed by atoms with van der Waals surface area (Å²) in [7, 11) is 1.66. The maximum Gasteiger partial charge on any atom is 0.352 e. The van der Waals surface area contributed by atoms with Crippen molar-refractivity contribution in [1.82, 2.24) is 4.98 Å². The van der Waals surface area contributed by atoms with Gasteiger partial charge in [0.25, 0.3) is 0 Å². The monoisotopic (exact) mass is 465 g/mol. The van der Waals surface area contributed by atoms with Crippen molar-refractivity contribution in [3.05, 3.63) is 95.7 Å². The van der Waals surface area contributed by atoms with E-state index in [1.54, 1.807) is 7.11 Å². The number of aromatic nitrogens is 1. The van der Waals surface area contributed by atoms with Crippen molar-refractivity contribution in [1.29, 1.82) is 0 Å². The molecule has 0 atom stereocenters. The van der Waals surface area contributed by atoms with Gasteiger partial charge in [0, 0.05) is 21.7 Å². The SMILES string of the molecule is COc1ccc(OCCCc2c(C(=O)O)[nH]c3c(-c4ccccc4C)cccc23)c2ccccc12. The van der Waals surface area contributed by atoms with Gasteiger partial charge < -0.3 is 19.6 Å². The zero-order chi connectivity index (χ0) is 24.4. The molecule has 2 N–H and O–H groups in total. The van der Waals surface area contributed by atoms with Crippen molar-refractivity contribution in [2.45, 2.75) is 19.8 Å². The predicted molar refractivity (Wildman–Crippen MR) is 140 cm³/mol. The normalized spacial score (nSPS) is 11.1. The first-order valence-corrected chi connectivity index (χ1v) is 11.7. The van der Waals surface area contributed by atoms with Gasteiger partial charge in [-0.1, -0.05) is 66.7 Å². The Kier molecular flexibility index (Phi) is 6.15. The Balaban J connectivity index is 1.41. The van der Waals surface area contributed by atoms with Crippen molar-refractivity contribution in [3.63, 3.8) is 0 Å². The van der Waals surface area contributed by atoms with Crippen LogP contribution in [0.25, 0.3) is 32.8 Å². The number of rotatable bonds is 8. The summed E-state index contributed by atoms with van der Waals surface area (Å²) in [6.07, 6.45) is 1.27. The standard InChI is InChI=1S/C30H27NO4/c1-19-9-3-4-10-20(19)23-13-7-14-24-25(29(30(32)33)31-28(23)24)15-8-18-35-27-17-16-26(34-2)21-11-5-6-12-22(21)27/h3-7,9-14,16-17,31H,8,15,18H2,1-2H3,(H,32,33). The number of hydrogen-bond donors (Lipinski definition) is 2. The quantitative estimate of drug-likeness (QED) is 0.242. The molecular weight excluding hydrogens is 438 g/mol. The number of fused-ring (bicyclic) bond motifs is 2. The second-order valence-electron chi connectivity index (χ2n) is 8.59. The summed E-state index contributed by atoms with van der Waals surface area (Å²) in [6, 6.07) is 26.0. The van der Waals surface area contributed by atoms with Crippen LogP contribution in [-0.4, -0.2) is 29.8 Å². The lowest BCUT2D eigenvalue weighted by molar-refractivity contribution is 0.0690. The Morgan fingerprint density at radius 1 is 0.829 bits per heavy atom. The number of aryl methyl sites for hydroxylation is 2. The molecule has 1 heterocycles. The summed E-state index contributed by atoms with van der Waals surface area (Å²) in [5, 5.41) is 12.8. The highest BCUT2D eigenvalue weighted by Gasteiger charge is 2.19. The number of methoxy groups -OCH3 is 1. The first-order chi connectivity index (χ1) is 17.1. The van der Waals surface area contributed by atoms with Gasteiger partial charge in [0.15, 0.2) is 0 Å². The Morgan fingerprint density at radius 2 is 1.49 bits per heavy atom. The summed E-state index contributed by atoms with van der Waals surface area (Å²) in [5.74, 6) is 0.650. The van der Waals surface area contributed by atoms with Crippen LogP contribution in [0.2, 0.25) is 0 Å². The van der Waals surface area contributed by atoms with Crippen LogP contribution in [0.1, 0.15) is 28.0 Å². The maximum absolute atomic E-state index is 12.1. The molecule has 5 rings (SSSR count). The number of benzene rings is 4. The summed E-state index contributed by atoms with van der Waals surface area (Å²) in [4.78, 5) is 15.3. The molecule has 0 bridgehead atoms. The largest absolute Gasteiger partial charge is 0.496 e. The van der Waals surface area contributed by atoms with Gasteiger partial charge in [-0.25, -0.2) is 4.79 Å². The third-order valence-corrected chi connectivity index (χ3v) is 6.48. The lowest BCUT2D eigenvalue weighted by Gasteiger charge is -2.12. The summed E-state index contributed by atoms with van der Waals surface area (Å²) in [6.45, 7) is 2.54. The fraction of sp³-hybridized carbons (Fsp3) is 0.167. The molecule has 0 saturated heterocycles. The topological polar surface area (TPSA) is 71.6 Å². The van der Waals surface area contributed by atoms with E-state index in [0.717, 1.165) is 55.4 Å². The average molecular weight is 466 g/mol. The smallest absolute Gasteiger partial charge is 0.352 e. The molecule has 5 aromatic rings. The lowest BCUT2D eigenvalue weighted by atomic mass is 9.97. The molecule has 4 aromatic carbocycles. The molecule has 0 aliphatic carbocycles. The van der Waals surface area contributed by atoms with Crippen LogP contribution in [0, 0.1) is 6.92 Å². The first kappa shape index (κ1) is 22.5.